The molecular formula is C10H11Cl2NO2S. The van der Waals surface area contributed by atoms with E-state index in [-0.39, 0.29) is 21.7 Å². The minimum atomic E-state index is -3.31. The molecule has 1 aromatic rings. The Morgan fingerprint density at radius 2 is 2.00 bits per heavy atom. The summed E-state index contributed by atoms with van der Waals surface area (Å²) in [6.45, 7) is 2.60. The molecule has 2 rings (SSSR count). The molecule has 0 spiro atoms. The highest BCUT2D eigenvalue weighted by molar-refractivity contribution is 7.92. The number of hydrogen-bond acceptors (Lipinski definition) is 3. The summed E-state index contributed by atoms with van der Waals surface area (Å²) < 4.78 is 23.9. The van der Waals surface area contributed by atoms with Crippen molar-refractivity contribution >= 4 is 33.0 Å². The van der Waals surface area contributed by atoms with Crippen molar-refractivity contribution in [3.8, 4) is 0 Å². The summed E-state index contributed by atoms with van der Waals surface area (Å²) in [7, 11) is -3.31. The summed E-state index contributed by atoms with van der Waals surface area (Å²) in [6.07, 6.45) is 0. The van der Waals surface area contributed by atoms with Crippen molar-refractivity contribution < 1.29 is 8.42 Å². The summed E-state index contributed by atoms with van der Waals surface area (Å²) in [4.78, 5) is 0.188. The van der Waals surface area contributed by atoms with Gasteiger partial charge in [-0.3, -0.25) is 0 Å². The van der Waals surface area contributed by atoms with Gasteiger partial charge in [0.25, 0.3) is 0 Å². The third kappa shape index (κ3) is 1.84. The van der Waals surface area contributed by atoms with Crippen LogP contribution < -0.4 is 5.32 Å². The van der Waals surface area contributed by atoms with Crippen molar-refractivity contribution in [3.05, 3.63) is 27.7 Å². The van der Waals surface area contributed by atoms with Gasteiger partial charge in [-0.2, -0.15) is 0 Å². The van der Waals surface area contributed by atoms with Crippen LogP contribution in [0.15, 0.2) is 17.0 Å². The van der Waals surface area contributed by atoms with E-state index in [1.807, 2.05) is 6.92 Å². The SMILES string of the molecule is CCNC1CS(=O)(=O)c2c(Cl)ccc(Cl)c21. The van der Waals surface area contributed by atoms with Gasteiger partial charge >= 0.3 is 0 Å². The number of halogens is 2. The van der Waals surface area contributed by atoms with Crippen LogP contribution in [-0.4, -0.2) is 20.7 Å². The molecular weight excluding hydrogens is 269 g/mol. The van der Waals surface area contributed by atoms with Crippen molar-refractivity contribution in [2.24, 2.45) is 0 Å². The normalized spacial score (nSPS) is 22.1. The number of fused-ring (bicyclic) bond motifs is 1. The fraction of sp³-hybridized carbons (Fsp3) is 0.400. The van der Waals surface area contributed by atoms with Gasteiger partial charge in [-0.1, -0.05) is 30.1 Å². The minimum absolute atomic E-state index is 0.0274. The average molecular weight is 280 g/mol. The van der Waals surface area contributed by atoms with E-state index >= 15 is 0 Å². The zero-order chi connectivity index (χ0) is 11.9. The van der Waals surface area contributed by atoms with E-state index in [0.717, 1.165) is 0 Å². The lowest BCUT2D eigenvalue weighted by atomic mass is 10.1. The van der Waals surface area contributed by atoms with Crippen LogP contribution in [0.3, 0.4) is 0 Å². The molecule has 1 unspecified atom stereocenters. The first kappa shape index (κ1) is 12.2. The maximum Gasteiger partial charge on any atom is 0.182 e. The molecule has 1 aliphatic heterocycles. The summed E-state index contributed by atoms with van der Waals surface area (Å²) in [5.41, 5.74) is 0.607. The van der Waals surface area contributed by atoms with Gasteiger partial charge < -0.3 is 5.32 Å². The van der Waals surface area contributed by atoms with Crippen LogP contribution in [0.2, 0.25) is 10.0 Å². The van der Waals surface area contributed by atoms with E-state index in [9.17, 15) is 8.42 Å². The zero-order valence-corrected chi connectivity index (χ0v) is 11.0. The molecule has 6 heteroatoms. The average Bonchev–Trinajstić information content (AvgIpc) is 2.46. The van der Waals surface area contributed by atoms with Crippen LogP contribution in [0.5, 0.6) is 0 Å². The molecule has 0 radical (unpaired) electrons. The lowest BCUT2D eigenvalue weighted by molar-refractivity contribution is 0.579. The summed E-state index contributed by atoms with van der Waals surface area (Å²) in [5.74, 6) is 0.0274. The van der Waals surface area contributed by atoms with E-state index in [0.29, 0.717) is 17.1 Å². The second kappa shape index (κ2) is 4.18. The molecule has 1 N–H and O–H groups in total. The maximum absolute atomic E-state index is 11.9. The van der Waals surface area contributed by atoms with E-state index in [4.69, 9.17) is 23.2 Å². The number of benzene rings is 1. The van der Waals surface area contributed by atoms with E-state index in [1.165, 1.54) is 6.07 Å². The first-order valence-corrected chi connectivity index (χ1v) is 7.32. The third-order valence-electron chi connectivity index (χ3n) is 2.59. The van der Waals surface area contributed by atoms with Crippen molar-refractivity contribution in [2.75, 3.05) is 12.3 Å². The fourth-order valence-corrected chi connectivity index (χ4v) is 4.69. The number of rotatable bonds is 2. The third-order valence-corrected chi connectivity index (χ3v) is 5.18. The molecule has 0 aliphatic carbocycles. The second-order valence-electron chi connectivity index (χ2n) is 3.66. The molecule has 3 nitrogen and oxygen atoms in total. The lowest BCUT2D eigenvalue weighted by Gasteiger charge is -2.12. The van der Waals surface area contributed by atoms with E-state index in [2.05, 4.69) is 5.32 Å². The highest BCUT2D eigenvalue weighted by atomic mass is 35.5. The molecule has 0 saturated heterocycles. The van der Waals surface area contributed by atoms with Crippen LogP contribution in [0.4, 0.5) is 0 Å². The number of sulfone groups is 1. The Kier molecular flexibility index (Phi) is 3.18. The number of nitrogens with one attached hydrogen (secondary N) is 1. The van der Waals surface area contributed by atoms with Crippen LogP contribution in [0.25, 0.3) is 0 Å². The minimum Gasteiger partial charge on any atom is -0.309 e. The largest absolute Gasteiger partial charge is 0.309 e. The first-order valence-electron chi connectivity index (χ1n) is 4.91. The highest BCUT2D eigenvalue weighted by Gasteiger charge is 2.37. The molecule has 0 aromatic heterocycles. The van der Waals surface area contributed by atoms with Gasteiger partial charge in [-0.15, -0.1) is 0 Å². The van der Waals surface area contributed by atoms with Gasteiger partial charge in [0.2, 0.25) is 0 Å². The van der Waals surface area contributed by atoms with Crippen molar-refractivity contribution in [2.45, 2.75) is 17.9 Å². The fourth-order valence-electron chi connectivity index (χ4n) is 1.98. The monoisotopic (exact) mass is 279 g/mol. The second-order valence-corrected chi connectivity index (χ2v) is 6.45. The van der Waals surface area contributed by atoms with Gasteiger partial charge in [0.15, 0.2) is 9.84 Å². The Morgan fingerprint density at radius 3 is 2.62 bits per heavy atom. The quantitative estimate of drug-likeness (QED) is 0.905. The van der Waals surface area contributed by atoms with Crippen molar-refractivity contribution in [1.82, 2.24) is 5.32 Å². The van der Waals surface area contributed by atoms with Crippen LogP contribution in [-0.2, 0) is 9.84 Å². The molecule has 16 heavy (non-hydrogen) atoms. The standard InChI is InChI=1S/C10H11Cl2NO2S/c1-2-13-8-5-16(14,15)10-7(12)4-3-6(11)9(8)10/h3-4,8,13H,2,5H2,1H3. The molecule has 88 valence electrons. The maximum atomic E-state index is 11.9. The molecule has 0 saturated carbocycles. The van der Waals surface area contributed by atoms with Crippen LogP contribution in [0.1, 0.15) is 18.5 Å². The Bertz CT molecular complexity index is 528. The predicted octanol–water partition coefficient (Wildman–Crippen LogP) is 2.43. The van der Waals surface area contributed by atoms with E-state index in [1.54, 1.807) is 6.07 Å². The van der Waals surface area contributed by atoms with Gasteiger partial charge in [-0.05, 0) is 18.7 Å². The lowest BCUT2D eigenvalue weighted by Crippen LogP contribution is -2.22. The van der Waals surface area contributed by atoms with Gasteiger partial charge in [0.05, 0.1) is 15.7 Å². The molecule has 1 heterocycles. The predicted molar refractivity (Wildman–Crippen MR) is 64.9 cm³/mol. The Morgan fingerprint density at radius 1 is 1.38 bits per heavy atom. The van der Waals surface area contributed by atoms with Gasteiger partial charge in [-0.25, -0.2) is 8.42 Å². The summed E-state index contributed by atoms with van der Waals surface area (Å²) in [6, 6.07) is 2.90. The number of hydrogen-bond donors (Lipinski definition) is 1. The smallest absolute Gasteiger partial charge is 0.182 e. The topological polar surface area (TPSA) is 46.2 Å². The Labute approximate surface area is 105 Å². The molecule has 1 aliphatic rings. The Balaban J connectivity index is 2.67. The Hall–Kier alpha value is -0.290. The van der Waals surface area contributed by atoms with Crippen molar-refractivity contribution in [3.63, 3.8) is 0 Å². The molecule has 0 bridgehead atoms. The first-order chi connectivity index (χ1) is 7.47. The molecule has 1 aromatic carbocycles. The molecule has 0 amide bonds. The van der Waals surface area contributed by atoms with E-state index < -0.39 is 9.84 Å². The molecule has 1 atom stereocenters. The molecule has 0 fully saturated rings. The van der Waals surface area contributed by atoms with Gasteiger partial charge in [0, 0.05) is 16.6 Å². The summed E-state index contributed by atoms with van der Waals surface area (Å²) in [5, 5.41) is 3.80. The highest BCUT2D eigenvalue weighted by Crippen LogP contribution is 2.41. The van der Waals surface area contributed by atoms with Gasteiger partial charge in [0.1, 0.15) is 0 Å². The van der Waals surface area contributed by atoms with Crippen LogP contribution >= 0.6 is 23.2 Å². The van der Waals surface area contributed by atoms with Crippen molar-refractivity contribution in [1.29, 1.82) is 0 Å². The zero-order valence-electron chi connectivity index (χ0n) is 8.63. The van der Waals surface area contributed by atoms with Crippen LogP contribution in [0, 0.1) is 0 Å². The summed E-state index contributed by atoms with van der Waals surface area (Å²) >= 11 is 12.0.